The summed E-state index contributed by atoms with van der Waals surface area (Å²) in [6.07, 6.45) is 3.50. The molecule has 0 radical (unpaired) electrons. The maximum Gasteiger partial charge on any atom is 0.242 e. The van der Waals surface area contributed by atoms with Crippen molar-refractivity contribution in [2.45, 2.75) is 37.9 Å². The quantitative estimate of drug-likeness (QED) is 0.688. The fourth-order valence-electron chi connectivity index (χ4n) is 5.63. The van der Waals surface area contributed by atoms with E-state index in [0.717, 1.165) is 51.9 Å². The SMILES string of the molecule is O=C(CN1C(=O)C2C3CCC(O3)C2C1=O)N1CC[C@@H]2CNC[C@@H]2CC1. The average molecular weight is 347 g/mol. The molecule has 4 unspecified atom stereocenters. The van der Waals surface area contributed by atoms with E-state index in [1.54, 1.807) is 0 Å². The van der Waals surface area contributed by atoms with Crippen molar-refractivity contribution in [3.05, 3.63) is 0 Å². The Balaban J connectivity index is 1.25. The van der Waals surface area contributed by atoms with Gasteiger partial charge in [0.15, 0.2) is 0 Å². The van der Waals surface area contributed by atoms with Crippen molar-refractivity contribution in [2.75, 3.05) is 32.7 Å². The van der Waals surface area contributed by atoms with Gasteiger partial charge in [-0.3, -0.25) is 19.3 Å². The first-order valence-corrected chi connectivity index (χ1v) is 9.62. The summed E-state index contributed by atoms with van der Waals surface area (Å²) in [6.45, 7) is 3.47. The van der Waals surface area contributed by atoms with Crippen molar-refractivity contribution in [1.82, 2.24) is 15.1 Å². The number of carbonyl (C=O) groups excluding carboxylic acids is 3. The van der Waals surface area contributed by atoms with Crippen LogP contribution in [0.4, 0.5) is 0 Å². The highest BCUT2D eigenvalue weighted by Crippen LogP contribution is 2.48. The molecule has 0 spiro atoms. The van der Waals surface area contributed by atoms with Crippen LogP contribution in [-0.4, -0.2) is 72.5 Å². The standard InChI is InChI=1S/C18H25N3O4/c22-14(20-5-3-10-7-19-8-11(10)4-6-20)9-21-17(23)15-12-1-2-13(25-12)16(15)18(21)24/h10-13,15-16,19H,1-9H2/t10-,11+,12?,13?,15?,16?. The number of hydrogen-bond donors (Lipinski definition) is 1. The number of nitrogens with zero attached hydrogens (tertiary/aromatic N) is 2. The molecule has 7 nitrogen and oxygen atoms in total. The third-order valence-electron chi connectivity index (χ3n) is 7.04. The van der Waals surface area contributed by atoms with E-state index in [2.05, 4.69) is 5.32 Å². The van der Waals surface area contributed by atoms with Crippen LogP contribution >= 0.6 is 0 Å². The third-order valence-corrected chi connectivity index (χ3v) is 7.04. The van der Waals surface area contributed by atoms with E-state index >= 15 is 0 Å². The zero-order valence-corrected chi connectivity index (χ0v) is 14.4. The summed E-state index contributed by atoms with van der Waals surface area (Å²) in [5, 5.41) is 3.43. The highest BCUT2D eigenvalue weighted by molar-refractivity contribution is 6.08. The minimum atomic E-state index is -0.339. The van der Waals surface area contributed by atoms with Gasteiger partial charge in [-0.05, 0) is 50.6 Å². The number of likely N-dealkylation sites (tertiary alicyclic amines) is 2. The largest absolute Gasteiger partial charge is 0.373 e. The molecule has 1 N–H and O–H groups in total. The number of amides is 3. The van der Waals surface area contributed by atoms with Gasteiger partial charge in [0.25, 0.3) is 0 Å². The van der Waals surface area contributed by atoms with E-state index in [-0.39, 0.29) is 48.3 Å². The number of ether oxygens (including phenoxy) is 1. The van der Waals surface area contributed by atoms with E-state index < -0.39 is 0 Å². The minimum Gasteiger partial charge on any atom is -0.373 e. The van der Waals surface area contributed by atoms with Gasteiger partial charge in [-0.25, -0.2) is 0 Å². The molecule has 3 amide bonds. The number of carbonyl (C=O) groups is 3. The van der Waals surface area contributed by atoms with Crippen LogP contribution < -0.4 is 5.32 Å². The molecule has 5 fully saturated rings. The van der Waals surface area contributed by atoms with Crippen molar-refractivity contribution >= 4 is 17.7 Å². The van der Waals surface area contributed by atoms with Gasteiger partial charge < -0.3 is 15.0 Å². The molecule has 6 atom stereocenters. The molecule has 136 valence electrons. The first kappa shape index (κ1) is 15.8. The Morgan fingerprint density at radius 1 is 0.960 bits per heavy atom. The van der Waals surface area contributed by atoms with Crippen LogP contribution in [0, 0.1) is 23.7 Å². The first-order chi connectivity index (χ1) is 12.1. The lowest BCUT2D eigenvalue weighted by Crippen LogP contribution is -2.44. The van der Waals surface area contributed by atoms with Crippen LogP contribution in [0.5, 0.6) is 0 Å². The minimum absolute atomic E-state index is 0.0807. The lowest BCUT2D eigenvalue weighted by molar-refractivity contribution is -0.148. The second-order valence-electron chi connectivity index (χ2n) is 8.24. The summed E-state index contributed by atoms with van der Waals surface area (Å²) in [5.41, 5.74) is 0. The van der Waals surface area contributed by atoms with Crippen molar-refractivity contribution in [3.63, 3.8) is 0 Å². The van der Waals surface area contributed by atoms with Crippen LogP contribution in [0.2, 0.25) is 0 Å². The number of rotatable bonds is 2. The van der Waals surface area contributed by atoms with Gasteiger partial charge in [-0.15, -0.1) is 0 Å². The van der Waals surface area contributed by atoms with Gasteiger partial charge in [0.1, 0.15) is 6.54 Å². The van der Waals surface area contributed by atoms with Gasteiger partial charge >= 0.3 is 0 Å². The lowest BCUT2D eigenvalue weighted by Gasteiger charge is -2.24. The van der Waals surface area contributed by atoms with E-state index in [0.29, 0.717) is 11.8 Å². The zero-order valence-electron chi connectivity index (χ0n) is 14.4. The summed E-state index contributed by atoms with van der Waals surface area (Å²) in [5.74, 6) is 0.169. The summed E-state index contributed by atoms with van der Waals surface area (Å²) in [7, 11) is 0. The molecule has 0 aromatic heterocycles. The predicted molar refractivity (Wildman–Crippen MR) is 87.3 cm³/mol. The monoisotopic (exact) mass is 347 g/mol. The molecule has 0 aromatic carbocycles. The number of nitrogens with one attached hydrogen (secondary N) is 1. The summed E-state index contributed by atoms with van der Waals surface area (Å²) in [6, 6.07) is 0. The van der Waals surface area contributed by atoms with Gasteiger partial charge in [0, 0.05) is 13.1 Å². The fraction of sp³-hybridized carbons (Fsp3) is 0.833. The topological polar surface area (TPSA) is 79.0 Å². The summed E-state index contributed by atoms with van der Waals surface area (Å²) >= 11 is 0. The molecular formula is C18H25N3O4. The van der Waals surface area contributed by atoms with Gasteiger partial charge in [-0.1, -0.05) is 0 Å². The molecule has 5 aliphatic heterocycles. The molecule has 5 heterocycles. The Labute approximate surface area is 147 Å². The van der Waals surface area contributed by atoms with Crippen molar-refractivity contribution < 1.29 is 19.1 Å². The van der Waals surface area contributed by atoms with Crippen molar-refractivity contribution in [3.8, 4) is 0 Å². The molecule has 5 aliphatic rings. The normalized spacial score (nSPS) is 42.7. The number of fused-ring (bicyclic) bond motifs is 6. The highest BCUT2D eigenvalue weighted by atomic mass is 16.5. The first-order valence-electron chi connectivity index (χ1n) is 9.62. The Bertz CT molecular complexity index is 581. The van der Waals surface area contributed by atoms with Gasteiger partial charge in [-0.2, -0.15) is 0 Å². The van der Waals surface area contributed by atoms with Gasteiger partial charge in [0.05, 0.1) is 24.0 Å². The molecular weight excluding hydrogens is 322 g/mol. The van der Waals surface area contributed by atoms with E-state index in [1.807, 2.05) is 4.90 Å². The van der Waals surface area contributed by atoms with Crippen LogP contribution in [0.25, 0.3) is 0 Å². The molecule has 0 aromatic rings. The Morgan fingerprint density at radius 3 is 2.08 bits per heavy atom. The average Bonchev–Trinajstić information content (AvgIpc) is 3.35. The molecule has 25 heavy (non-hydrogen) atoms. The molecule has 0 aliphatic carbocycles. The maximum atomic E-state index is 12.7. The van der Waals surface area contributed by atoms with E-state index in [4.69, 9.17) is 4.74 Å². The maximum absolute atomic E-state index is 12.7. The molecule has 2 bridgehead atoms. The van der Waals surface area contributed by atoms with Crippen molar-refractivity contribution in [1.29, 1.82) is 0 Å². The second-order valence-corrected chi connectivity index (χ2v) is 8.24. The van der Waals surface area contributed by atoms with E-state index in [1.165, 1.54) is 4.90 Å². The molecule has 5 rings (SSSR count). The Kier molecular flexibility index (Phi) is 3.64. The van der Waals surface area contributed by atoms with Crippen LogP contribution in [-0.2, 0) is 19.1 Å². The highest BCUT2D eigenvalue weighted by Gasteiger charge is 2.62. The molecule has 7 heteroatoms. The smallest absolute Gasteiger partial charge is 0.242 e. The van der Waals surface area contributed by atoms with Crippen LogP contribution in [0.1, 0.15) is 25.7 Å². The third kappa shape index (κ3) is 2.35. The Morgan fingerprint density at radius 2 is 1.52 bits per heavy atom. The van der Waals surface area contributed by atoms with Crippen LogP contribution in [0.15, 0.2) is 0 Å². The summed E-state index contributed by atoms with van der Waals surface area (Å²) in [4.78, 5) is 41.2. The molecule has 0 saturated carbocycles. The second kappa shape index (κ2) is 5.77. The van der Waals surface area contributed by atoms with Crippen molar-refractivity contribution in [2.24, 2.45) is 23.7 Å². The van der Waals surface area contributed by atoms with E-state index in [9.17, 15) is 14.4 Å². The van der Waals surface area contributed by atoms with Gasteiger partial charge in [0.2, 0.25) is 17.7 Å². The Hall–Kier alpha value is -1.47. The summed E-state index contributed by atoms with van der Waals surface area (Å²) < 4.78 is 5.74. The van der Waals surface area contributed by atoms with Crippen LogP contribution in [0.3, 0.4) is 0 Å². The number of hydrogen-bond acceptors (Lipinski definition) is 5. The fourth-order valence-corrected chi connectivity index (χ4v) is 5.63. The molecule has 5 saturated heterocycles. The zero-order chi connectivity index (χ0) is 17.1. The predicted octanol–water partition coefficient (Wildman–Crippen LogP) is -0.393. The lowest BCUT2D eigenvalue weighted by atomic mass is 9.81. The number of imide groups is 1.